The third kappa shape index (κ3) is 7.31. The van der Waals surface area contributed by atoms with Crippen LogP contribution in [0.25, 0.3) is 0 Å². The van der Waals surface area contributed by atoms with E-state index in [4.69, 9.17) is 34.6 Å². The van der Waals surface area contributed by atoms with Gasteiger partial charge in [-0.3, -0.25) is 14.5 Å². The topological polar surface area (TPSA) is 200 Å². The van der Waals surface area contributed by atoms with E-state index in [1.165, 1.54) is 0 Å². The van der Waals surface area contributed by atoms with Gasteiger partial charge in [0.25, 0.3) is 5.79 Å². The van der Waals surface area contributed by atoms with E-state index in [2.05, 4.69) is 0 Å². The number of hydrogen-bond donors (Lipinski definition) is 5. The molecule has 1 aliphatic rings. The second-order valence-electron chi connectivity index (χ2n) is 8.50. The molecule has 0 aromatic heterocycles. The smallest absolute Gasteiger partial charge is 0.344 e. The summed E-state index contributed by atoms with van der Waals surface area (Å²) in [5.41, 5.74) is -4.37. The number of aliphatic hydroxyl groups is 1. The maximum Gasteiger partial charge on any atom is 0.344 e. The van der Waals surface area contributed by atoms with Gasteiger partial charge in [-0.1, -0.05) is 32.9 Å². The number of para-hydroxylation sites is 2. The van der Waals surface area contributed by atoms with Crippen molar-refractivity contribution in [2.45, 2.75) is 77.1 Å². The molecule has 0 saturated heterocycles. The molecule has 1 aromatic rings. The molecule has 0 fully saturated rings. The largest absolute Gasteiger partial charge is 0.481 e. The molecule has 208 valence electrons. The Hall–Kier alpha value is -3.42. The molecule has 13 nitrogen and oxygen atoms in total. The molecule has 2 atom stereocenters. The van der Waals surface area contributed by atoms with E-state index in [0.717, 1.165) is 13.1 Å². The van der Waals surface area contributed by atoms with E-state index < -0.39 is 53.7 Å². The molecular weight excluding hydrogens is 494 g/mol. The number of rotatable bonds is 13. The second-order valence-corrected chi connectivity index (χ2v) is 8.50. The van der Waals surface area contributed by atoms with Crippen LogP contribution in [-0.4, -0.2) is 90.6 Å². The number of ether oxygens (including phenoxy) is 3. The molecule has 2 unspecified atom stereocenters. The quantitative estimate of drug-likeness (QED) is 0.232. The summed E-state index contributed by atoms with van der Waals surface area (Å²) in [7, 11) is 0. The number of fused-ring (bicyclic) bond motifs is 1. The van der Waals surface area contributed by atoms with Crippen LogP contribution in [0.15, 0.2) is 24.3 Å². The normalized spacial score (nSPS) is 16.2. The maximum atomic E-state index is 12.2. The molecule has 5 N–H and O–H groups in total. The summed E-state index contributed by atoms with van der Waals surface area (Å²) in [4.78, 5) is 44.8. The van der Waals surface area contributed by atoms with Crippen molar-refractivity contribution < 1.29 is 58.9 Å². The number of benzene rings is 1. The second kappa shape index (κ2) is 12.7. The molecule has 1 heterocycles. The van der Waals surface area contributed by atoms with Gasteiger partial charge < -0.3 is 39.7 Å². The highest BCUT2D eigenvalue weighted by Gasteiger charge is 2.62. The lowest BCUT2D eigenvalue weighted by molar-refractivity contribution is -0.267. The fourth-order valence-electron chi connectivity index (χ4n) is 3.95. The van der Waals surface area contributed by atoms with Crippen molar-refractivity contribution in [3.63, 3.8) is 0 Å². The summed E-state index contributed by atoms with van der Waals surface area (Å²) in [5.74, 6) is -6.51. The van der Waals surface area contributed by atoms with Crippen molar-refractivity contribution in [1.29, 1.82) is 0 Å². The van der Waals surface area contributed by atoms with Gasteiger partial charge >= 0.3 is 23.9 Å². The zero-order valence-electron chi connectivity index (χ0n) is 21.5. The fourth-order valence-corrected chi connectivity index (χ4v) is 3.95. The number of hydrogen-bond acceptors (Lipinski definition) is 9. The Morgan fingerprint density at radius 2 is 1.35 bits per heavy atom. The van der Waals surface area contributed by atoms with Crippen LogP contribution in [0.5, 0.6) is 11.5 Å². The Balaban J connectivity index is 0.000000448. The molecular formula is C24H35NO12. The first-order chi connectivity index (χ1) is 17.1. The summed E-state index contributed by atoms with van der Waals surface area (Å²) in [5, 5.41) is 43.8. The first-order valence-corrected chi connectivity index (χ1v) is 11.6. The van der Waals surface area contributed by atoms with Crippen molar-refractivity contribution >= 4 is 23.9 Å². The molecule has 37 heavy (non-hydrogen) atoms. The highest BCUT2D eigenvalue weighted by molar-refractivity contribution is 5.88. The van der Waals surface area contributed by atoms with Crippen LogP contribution >= 0.6 is 0 Å². The number of nitrogens with zero attached hydrogens (tertiary/aromatic N) is 1. The van der Waals surface area contributed by atoms with Crippen molar-refractivity contribution in [1.82, 2.24) is 4.90 Å². The molecule has 0 spiro atoms. The lowest BCUT2D eigenvalue weighted by Crippen LogP contribution is -2.65. The number of carbonyl (C=O) groups is 4. The molecule has 1 aromatic carbocycles. The first kappa shape index (κ1) is 31.6. The summed E-state index contributed by atoms with van der Waals surface area (Å²) >= 11 is 0. The minimum atomic E-state index is -2.74. The van der Waals surface area contributed by atoms with Gasteiger partial charge in [-0.05, 0) is 38.6 Å². The standard InChI is InChI=1S/C18H27NO5.C6H8O7/c1-6-18(16(20)21,22-13(4)19(7-2)8-3)17(5)23-14-11-9-10-12-15(14)24-17;7-3(8)1-6(13,5(11)12)2-4(9)10/h9-13H,6-8H2,1-5H3,(H,20,21);13H,1-2H2,(H,7,8)(H,9,10)(H,11,12). The first-order valence-electron chi connectivity index (χ1n) is 11.6. The zero-order chi connectivity index (χ0) is 28.6. The van der Waals surface area contributed by atoms with E-state index in [1.54, 1.807) is 26.0 Å². The predicted octanol–water partition coefficient (Wildman–Crippen LogP) is 1.86. The van der Waals surface area contributed by atoms with Crippen molar-refractivity contribution in [2.75, 3.05) is 13.1 Å². The summed E-state index contributed by atoms with van der Waals surface area (Å²) in [6.07, 6.45) is -2.47. The molecule has 0 saturated carbocycles. The lowest BCUT2D eigenvalue weighted by atomic mass is 9.90. The molecule has 0 bridgehead atoms. The fraction of sp³-hybridized carbons (Fsp3) is 0.583. The van der Waals surface area contributed by atoms with Crippen molar-refractivity contribution in [3.05, 3.63) is 24.3 Å². The average Bonchev–Trinajstić information content (AvgIpc) is 3.14. The Morgan fingerprint density at radius 3 is 1.65 bits per heavy atom. The zero-order valence-corrected chi connectivity index (χ0v) is 21.5. The van der Waals surface area contributed by atoms with E-state index in [9.17, 15) is 24.3 Å². The average molecular weight is 530 g/mol. The monoisotopic (exact) mass is 529 g/mol. The van der Waals surface area contributed by atoms with Gasteiger partial charge in [0.1, 0.15) is 6.23 Å². The molecule has 1 aliphatic heterocycles. The van der Waals surface area contributed by atoms with Crippen molar-refractivity contribution in [2.24, 2.45) is 0 Å². The van der Waals surface area contributed by atoms with Gasteiger partial charge in [0.2, 0.25) is 5.60 Å². The third-order valence-electron chi connectivity index (χ3n) is 6.02. The molecule has 13 heteroatoms. The molecule has 0 amide bonds. The van der Waals surface area contributed by atoms with E-state index in [0.29, 0.717) is 11.5 Å². The van der Waals surface area contributed by atoms with Crippen LogP contribution in [0.4, 0.5) is 0 Å². The molecule has 0 radical (unpaired) electrons. The Labute approximate surface area is 214 Å². The van der Waals surface area contributed by atoms with Crippen LogP contribution in [-0.2, 0) is 23.9 Å². The van der Waals surface area contributed by atoms with Crippen LogP contribution < -0.4 is 9.47 Å². The third-order valence-corrected chi connectivity index (χ3v) is 6.02. The minimum absolute atomic E-state index is 0.207. The SMILES string of the molecule is CCN(CC)C(C)OC(CC)(C(=O)O)C1(C)Oc2ccccc2O1.O=C(O)CC(O)(CC(=O)O)C(=O)O. The van der Waals surface area contributed by atoms with Gasteiger partial charge in [0, 0.05) is 6.92 Å². The molecule has 2 rings (SSSR count). The predicted molar refractivity (Wildman–Crippen MR) is 127 cm³/mol. The lowest BCUT2D eigenvalue weighted by Gasteiger charge is -2.43. The number of aliphatic carboxylic acids is 4. The van der Waals surface area contributed by atoms with E-state index in [-0.39, 0.29) is 12.6 Å². The summed E-state index contributed by atoms with van der Waals surface area (Å²) in [6, 6.07) is 7.16. The highest BCUT2D eigenvalue weighted by Crippen LogP contribution is 2.46. The van der Waals surface area contributed by atoms with Crippen LogP contribution in [0, 0.1) is 0 Å². The van der Waals surface area contributed by atoms with Crippen LogP contribution in [0.3, 0.4) is 0 Å². The van der Waals surface area contributed by atoms with Gasteiger partial charge in [0.05, 0.1) is 12.8 Å². The van der Waals surface area contributed by atoms with Gasteiger partial charge in [0.15, 0.2) is 17.1 Å². The maximum absolute atomic E-state index is 12.2. The Morgan fingerprint density at radius 1 is 0.919 bits per heavy atom. The Kier molecular flexibility index (Phi) is 10.9. The van der Waals surface area contributed by atoms with Gasteiger partial charge in [-0.2, -0.15) is 0 Å². The minimum Gasteiger partial charge on any atom is -0.481 e. The summed E-state index contributed by atoms with van der Waals surface area (Å²) < 4.78 is 17.9. The highest BCUT2D eigenvalue weighted by atomic mass is 16.8. The van der Waals surface area contributed by atoms with E-state index >= 15 is 0 Å². The Bertz CT molecular complexity index is 935. The van der Waals surface area contributed by atoms with Crippen molar-refractivity contribution in [3.8, 4) is 11.5 Å². The van der Waals surface area contributed by atoms with E-state index in [1.807, 2.05) is 37.8 Å². The number of carboxylic acid groups (broad SMARTS) is 4. The van der Waals surface area contributed by atoms with Gasteiger partial charge in [-0.15, -0.1) is 0 Å². The number of carboxylic acids is 4. The molecule has 0 aliphatic carbocycles. The van der Waals surface area contributed by atoms with Crippen LogP contribution in [0.2, 0.25) is 0 Å². The van der Waals surface area contributed by atoms with Gasteiger partial charge in [-0.25, -0.2) is 9.59 Å². The summed E-state index contributed by atoms with van der Waals surface area (Å²) in [6.45, 7) is 10.8. The van der Waals surface area contributed by atoms with Crippen LogP contribution in [0.1, 0.15) is 53.9 Å².